The lowest BCUT2D eigenvalue weighted by Gasteiger charge is -1.96. The van der Waals surface area contributed by atoms with Crippen molar-refractivity contribution in [3.05, 3.63) is 21.7 Å². The summed E-state index contributed by atoms with van der Waals surface area (Å²) in [6, 6.07) is 0. The number of aromatic nitrogens is 1. The molecular formula is C9H9NO4S. The fraction of sp³-hybridized carbons (Fsp3) is 0.222. The second kappa shape index (κ2) is 4.70. The molecule has 0 fully saturated rings. The van der Waals surface area contributed by atoms with Crippen molar-refractivity contribution in [1.82, 2.24) is 4.98 Å². The molecular weight excluding hydrogens is 218 g/mol. The van der Waals surface area contributed by atoms with Crippen molar-refractivity contribution in [1.29, 1.82) is 0 Å². The first-order valence-electron chi connectivity index (χ1n) is 4.07. The second-order valence-electron chi connectivity index (χ2n) is 2.87. The number of aryl methyl sites for hydroxylation is 1. The predicted octanol–water partition coefficient (Wildman–Crippen LogP) is 1.39. The molecule has 0 saturated heterocycles. The lowest BCUT2D eigenvalue weighted by molar-refractivity contribution is -0.139. The molecule has 0 saturated carbocycles. The van der Waals surface area contributed by atoms with Crippen molar-refractivity contribution >= 4 is 29.4 Å². The minimum Gasteiger partial charge on any atom is -0.481 e. The zero-order valence-corrected chi connectivity index (χ0v) is 8.74. The van der Waals surface area contributed by atoms with Crippen LogP contribution < -0.4 is 0 Å². The van der Waals surface area contributed by atoms with Crippen molar-refractivity contribution in [2.24, 2.45) is 0 Å². The third-order valence-corrected chi connectivity index (χ3v) is 2.46. The van der Waals surface area contributed by atoms with E-state index in [0.29, 0.717) is 5.01 Å². The van der Waals surface area contributed by atoms with Gasteiger partial charge in [0, 0.05) is 11.1 Å². The number of carboxylic acid groups (broad SMARTS) is 2. The van der Waals surface area contributed by atoms with Crippen LogP contribution in [0.15, 0.2) is 11.0 Å². The predicted molar refractivity (Wildman–Crippen MR) is 54.7 cm³/mol. The van der Waals surface area contributed by atoms with Gasteiger partial charge in [0.25, 0.3) is 0 Å². The Balaban J connectivity index is 2.93. The molecule has 0 amide bonds. The van der Waals surface area contributed by atoms with E-state index in [4.69, 9.17) is 10.2 Å². The maximum Gasteiger partial charge on any atom is 0.332 e. The van der Waals surface area contributed by atoms with Gasteiger partial charge in [0.2, 0.25) is 0 Å². The van der Waals surface area contributed by atoms with Crippen LogP contribution in [-0.2, 0) is 9.59 Å². The third-order valence-electron chi connectivity index (χ3n) is 1.55. The molecule has 0 atom stereocenters. The highest BCUT2D eigenvalue weighted by molar-refractivity contribution is 7.10. The van der Waals surface area contributed by atoms with Crippen LogP contribution in [0, 0.1) is 6.92 Å². The Bertz CT molecular complexity index is 422. The Kier molecular flexibility index (Phi) is 3.56. The molecule has 0 unspecified atom stereocenters. The van der Waals surface area contributed by atoms with E-state index in [2.05, 4.69) is 4.98 Å². The van der Waals surface area contributed by atoms with Gasteiger partial charge in [-0.1, -0.05) is 0 Å². The van der Waals surface area contributed by atoms with Gasteiger partial charge in [-0.25, -0.2) is 9.78 Å². The van der Waals surface area contributed by atoms with Gasteiger partial charge in [0.05, 0.1) is 12.0 Å². The van der Waals surface area contributed by atoms with Crippen molar-refractivity contribution < 1.29 is 19.8 Å². The fourth-order valence-electron chi connectivity index (χ4n) is 0.939. The van der Waals surface area contributed by atoms with Gasteiger partial charge in [-0.05, 0) is 13.0 Å². The lowest BCUT2D eigenvalue weighted by atomic mass is 10.2. The summed E-state index contributed by atoms with van der Waals surface area (Å²) >= 11 is 1.28. The van der Waals surface area contributed by atoms with Crippen molar-refractivity contribution in [3.8, 4) is 0 Å². The molecule has 1 aromatic rings. The van der Waals surface area contributed by atoms with Gasteiger partial charge in [0.1, 0.15) is 5.01 Å². The largest absolute Gasteiger partial charge is 0.481 e. The highest BCUT2D eigenvalue weighted by Gasteiger charge is 2.12. The van der Waals surface area contributed by atoms with E-state index in [1.54, 1.807) is 12.3 Å². The normalized spacial score (nSPS) is 11.4. The van der Waals surface area contributed by atoms with E-state index in [1.165, 1.54) is 17.4 Å². The summed E-state index contributed by atoms with van der Waals surface area (Å²) in [5.74, 6) is -2.40. The lowest BCUT2D eigenvalue weighted by Crippen LogP contribution is -2.06. The minimum absolute atomic E-state index is 0.170. The Hall–Kier alpha value is -1.69. The third kappa shape index (κ3) is 3.51. The van der Waals surface area contributed by atoms with E-state index < -0.39 is 18.4 Å². The first-order valence-corrected chi connectivity index (χ1v) is 4.95. The number of hydrogen-bond acceptors (Lipinski definition) is 4. The van der Waals surface area contributed by atoms with E-state index in [9.17, 15) is 9.59 Å². The van der Waals surface area contributed by atoms with Gasteiger partial charge < -0.3 is 10.2 Å². The highest BCUT2D eigenvalue weighted by atomic mass is 32.1. The number of nitrogens with zero attached hydrogens (tertiary/aromatic N) is 1. The zero-order chi connectivity index (χ0) is 11.4. The number of carboxylic acids is 2. The molecule has 1 rings (SSSR count). The van der Waals surface area contributed by atoms with E-state index in [1.807, 2.05) is 0 Å². The molecule has 2 N–H and O–H groups in total. The van der Waals surface area contributed by atoms with Crippen LogP contribution in [0.2, 0.25) is 0 Å². The molecule has 0 aliphatic carbocycles. The second-order valence-corrected chi connectivity index (χ2v) is 3.76. The molecule has 0 radical (unpaired) electrons. The SMILES string of the molecule is Cc1csc(C=C(CC(=O)O)C(=O)O)n1. The van der Waals surface area contributed by atoms with Crippen LogP contribution in [0.25, 0.3) is 6.08 Å². The monoisotopic (exact) mass is 227 g/mol. The zero-order valence-electron chi connectivity index (χ0n) is 7.93. The Labute approximate surface area is 89.7 Å². The van der Waals surface area contributed by atoms with E-state index >= 15 is 0 Å². The standard InChI is InChI=1S/C9H9NO4S/c1-5-4-15-7(10-5)2-6(9(13)14)3-8(11)12/h2,4H,3H2,1H3,(H,11,12)(H,13,14). The molecule has 0 aromatic carbocycles. The average molecular weight is 227 g/mol. The summed E-state index contributed by atoms with van der Waals surface area (Å²) in [5, 5.41) is 19.5. The van der Waals surface area contributed by atoms with Crippen LogP contribution >= 0.6 is 11.3 Å². The van der Waals surface area contributed by atoms with Crippen LogP contribution in [0.1, 0.15) is 17.1 Å². The maximum absolute atomic E-state index is 10.7. The smallest absolute Gasteiger partial charge is 0.332 e. The molecule has 0 aliphatic rings. The molecule has 0 bridgehead atoms. The summed E-state index contributed by atoms with van der Waals surface area (Å²) in [6.07, 6.45) is 0.780. The highest BCUT2D eigenvalue weighted by Crippen LogP contribution is 2.14. The van der Waals surface area contributed by atoms with Crippen LogP contribution in [0.3, 0.4) is 0 Å². The van der Waals surface area contributed by atoms with Crippen LogP contribution in [-0.4, -0.2) is 27.1 Å². The Morgan fingerprint density at radius 2 is 2.20 bits per heavy atom. The van der Waals surface area contributed by atoms with Crippen LogP contribution in [0.4, 0.5) is 0 Å². The maximum atomic E-state index is 10.7. The number of thiazole rings is 1. The number of hydrogen-bond donors (Lipinski definition) is 2. The minimum atomic E-state index is -1.23. The van der Waals surface area contributed by atoms with E-state index in [-0.39, 0.29) is 5.57 Å². The van der Waals surface area contributed by atoms with Gasteiger partial charge in [0.15, 0.2) is 0 Å². The molecule has 15 heavy (non-hydrogen) atoms. The van der Waals surface area contributed by atoms with Gasteiger partial charge in [-0.15, -0.1) is 11.3 Å². The number of rotatable bonds is 4. The van der Waals surface area contributed by atoms with Gasteiger partial charge in [-0.3, -0.25) is 4.79 Å². The Morgan fingerprint density at radius 3 is 2.60 bits per heavy atom. The molecule has 0 aliphatic heterocycles. The molecule has 80 valence electrons. The summed E-state index contributed by atoms with van der Waals surface area (Å²) in [5.41, 5.74) is 0.614. The number of carbonyl (C=O) groups is 2. The number of aliphatic carboxylic acids is 2. The first-order chi connectivity index (χ1) is 6.99. The summed E-state index contributed by atoms with van der Waals surface area (Å²) < 4.78 is 0. The van der Waals surface area contributed by atoms with Crippen molar-refractivity contribution in [3.63, 3.8) is 0 Å². The molecule has 5 nitrogen and oxygen atoms in total. The quantitative estimate of drug-likeness (QED) is 0.759. The molecule has 0 spiro atoms. The van der Waals surface area contributed by atoms with Gasteiger partial charge >= 0.3 is 11.9 Å². The van der Waals surface area contributed by atoms with E-state index in [0.717, 1.165) is 5.69 Å². The topological polar surface area (TPSA) is 87.5 Å². The van der Waals surface area contributed by atoms with Crippen molar-refractivity contribution in [2.45, 2.75) is 13.3 Å². The van der Waals surface area contributed by atoms with Crippen LogP contribution in [0.5, 0.6) is 0 Å². The summed E-state index contributed by atoms with van der Waals surface area (Å²) in [6.45, 7) is 1.78. The molecule has 1 heterocycles. The molecule has 6 heteroatoms. The van der Waals surface area contributed by atoms with Gasteiger partial charge in [-0.2, -0.15) is 0 Å². The summed E-state index contributed by atoms with van der Waals surface area (Å²) in [7, 11) is 0. The summed E-state index contributed by atoms with van der Waals surface area (Å²) in [4.78, 5) is 25.1. The molecule has 1 aromatic heterocycles. The first kappa shape index (κ1) is 11.4. The fourth-order valence-corrected chi connectivity index (χ4v) is 1.69. The van der Waals surface area contributed by atoms with Crippen molar-refractivity contribution in [2.75, 3.05) is 0 Å². The average Bonchev–Trinajstić information content (AvgIpc) is 2.49. The Morgan fingerprint density at radius 1 is 1.53 bits per heavy atom.